The first kappa shape index (κ1) is 20.1. The maximum absolute atomic E-state index is 12.4. The number of anilines is 1. The standard InChI is InChI=1S/C18H21ClN2O4S/c1-18(2,3)20-17(22)12-25-16-10-9-14(11-15(16)19)26(23,24)21-13-7-5-4-6-8-13/h4-11,21H,12H2,1-3H3,(H,20,22). The number of carbonyl (C=O) groups is 1. The monoisotopic (exact) mass is 396 g/mol. The number of hydrogen-bond acceptors (Lipinski definition) is 4. The van der Waals surface area contributed by atoms with E-state index in [1.165, 1.54) is 18.2 Å². The summed E-state index contributed by atoms with van der Waals surface area (Å²) in [5.74, 6) is -0.0644. The van der Waals surface area contributed by atoms with E-state index in [4.69, 9.17) is 16.3 Å². The summed E-state index contributed by atoms with van der Waals surface area (Å²) in [5, 5.41) is 2.86. The van der Waals surface area contributed by atoms with Crippen molar-refractivity contribution in [3.05, 3.63) is 53.6 Å². The molecule has 1 amide bonds. The molecule has 0 aliphatic carbocycles. The minimum atomic E-state index is -3.78. The average Bonchev–Trinajstić information content (AvgIpc) is 2.52. The van der Waals surface area contributed by atoms with Gasteiger partial charge in [0.2, 0.25) is 0 Å². The highest BCUT2D eigenvalue weighted by molar-refractivity contribution is 7.92. The molecule has 2 aromatic rings. The van der Waals surface area contributed by atoms with Crippen LogP contribution in [0.25, 0.3) is 0 Å². The van der Waals surface area contributed by atoms with E-state index < -0.39 is 10.0 Å². The lowest BCUT2D eigenvalue weighted by Gasteiger charge is -2.20. The second-order valence-corrected chi connectivity index (χ2v) is 8.74. The molecule has 0 saturated heterocycles. The molecular formula is C18H21ClN2O4S. The summed E-state index contributed by atoms with van der Waals surface area (Å²) in [6, 6.07) is 12.6. The van der Waals surface area contributed by atoms with Crippen molar-refractivity contribution in [2.24, 2.45) is 0 Å². The number of rotatable bonds is 6. The fourth-order valence-electron chi connectivity index (χ4n) is 2.08. The van der Waals surface area contributed by atoms with Crippen molar-refractivity contribution in [2.45, 2.75) is 31.2 Å². The van der Waals surface area contributed by atoms with Crippen LogP contribution in [-0.2, 0) is 14.8 Å². The van der Waals surface area contributed by atoms with Gasteiger partial charge in [-0.1, -0.05) is 29.8 Å². The predicted octanol–water partition coefficient (Wildman–Crippen LogP) is 3.43. The van der Waals surface area contributed by atoms with E-state index in [2.05, 4.69) is 10.0 Å². The molecule has 0 unspecified atom stereocenters. The van der Waals surface area contributed by atoms with Crippen molar-refractivity contribution in [1.82, 2.24) is 5.32 Å². The largest absolute Gasteiger partial charge is 0.482 e. The van der Waals surface area contributed by atoms with Gasteiger partial charge in [0.1, 0.15) is 5.75 Å². The SMILES string of the molecule is CC(C)(C)NC(=O)COc1ccc(S(=O)(=O)Nc2ccccc2)cc1Cl. The molecule has 0 bridgehead atoms. The summed E-state index contributed by atoms with van der Waals surface area (Å²) in [6.45, 7) is 5.36. The van der Waals surface area contributed by atoms with E-state index in [0.717, 1.165) is 0 Å². The lowest BCUT2D eigenvalue weighted by molar-refractivity contribution is -0.124. The molecule has 8 heteroatoms. The Labute approximate surface area is 158 Å². The van der Waals surface area contributed by atoms with Crippen molar-refractivity contribution in [1.29, 1.82) is 0 Å². The number of amides is 1. The van der Waals surface area contributed by atoms with Crippen molar-refractivity contribution in [3.63, 3.8) is 0 Å². The molecule has 2 N–H and O–H groups in total. The molecule has 0 heterocycles. The zero-order valence-corrected chi connectivity index (χ0v) is 16.3. The number of hydrogen-bond donors (Lipinski definition) is 2. The summed E-state index contributed by atoms with van der Waals surface area (Å²) < 4.78 is 32.7. The minimum absolute atomic E-state index is 0.00199. The van der Waals surface area contributed by atoms with Gasteiger partial charge in [0.15, 0.2) is 6.61 Å². The Morgan fingerprint density at radius 3 is 2.35 bits per heavy atom. The van der Waals surface area contributed by atoms with Gasteiger partial charge in [-0.15, -0.1) is 0 Å². The molecule has 0 spiro atoms. The molecule has 0 aliphatic heterocycles. The third kappa shape index (κ3) is 5.93. The van der Waals surface area contributed by atoms with Crippen molar-refractivity contribution >= 4 is 33.2 Å². The second-order valence-electron chi connectivity index (χ2n) is 6.65. The normalized spacial score (nSPS) is 11.7. The molecule has 0 saturated carbocycles. The van der Waals surface area contributed by atoms with Gasteiger partial charge in [-0.2, -0.15) is 0 Å². The van der Waals surface area contributed by atoms with E-state index >= 15 is 0 Å². The van der Waals surface area contributed by atoms with Gasteiger partial charge in [-0.25, -0.2) is 8.42 Å². The van der Waals surface area contributed by atoms with Gasteiger partial charge < -0.3 is 10.1 Å². The van der Waals surface area contributed by atoms with Gasteiger partial charge in [-0.3, -0.25) is 9.52 Å². The first-order valence-electron chi connectivity index (χ1n) is 7.88. The average molecular weight is 397 g/mol. The Morgan fingerprint density at radius 1 is 1.12 bits per heavy atom. The highest BCUT2D eigenvalue weighted by Crippen LogP contribution is 2.28. The molecule has 0 atom stereocenters. The van der Waals surface area contributed by atoms with Gasteiger partial charge in [-0.05, 0) is 51.1 Å². The number of para-hydroxylation sites is 1. The lowest BCUT2D eigenvalue weighted by Crippen LogP contribution is -2.43. The number of sulfonamides is 1. The second kappa shape index (κ2) is 7.97. The summed E-state index contributed by atoms with van der Waals surface area (Å²) in [6.07, 6.45) is 0. The summed E-state index contributed by atoms with van der Waals surface area (Å²) in [4.78, 5) is 11.8. The Kier molecular flexibility index (Phi) is 6.15. The third-order valence-corrected chi connectivity index (χ3v) is 4.79. The minimum Gasteiger partial charge on any atom is -0.482 e. The van der Waals surface area contributed by atoms with Crippen molar-refractivity contribution in [3.8, 4) is 5.75 Å². The van der Waals surface area contributed by atoms with E-state index in [0.29, 0.717) is 5.69 Å². The van der Waals surface area contributed by atoms with Gasteiger partial charge in [0.05, 0.1) is 9.92 Å². The van der Waals surface area contributed by atoms with E-state index in [1.807, 2.05) is 20.8 Å². The number of halogens is 1. The molecule has 2 rings (SSSR count). The molecule has 2 aromatic carbocycles. The first-order chi connectivity index (χ1) is 12.1. The van der Waals surface area contributed by atoms with Gasteiger partial charge in [0.25, 0.3) is 15.9 Å². The molecule has 6 nitrogen and oxygen atoms in total. The Hall–Kier alpha value is -2.25. The molecule has 0 aromatic heterocycles. The van der Waals surface area contributed by atoms with Crippen LogP contribution >= 0.6 is 11.6 Å². The maximum atomic E-state index is 12.4. The fourth-order valence-corrected chi connectivity index (χ4v) is 3.47. The van der Waals surface area contributed by atoms with Crippen LogP contribution in [0.1, 0.15) is 20.8 Å². The summed E-state index contributed by atoms with van der Waals surface area (Å²) in [5.41, 5.74) is 0.0773. The fraction of sp³-hybridized carbons (Fsp3) is 0.278. The quantitative estimate of drug-likeness (QED) is 0.783. The zero-order valence-electron chi connectivity index (χ0n) is 14.7. The molecule has 0 aliphatic rings. The zero-order chi connectivity index (χ0) is 19.4. The molecule has 26 heavy (non-hydrogen) atoms. The maximum Gasteiger partial charge on any atom is 0.261 e. The smallest absolute Gasteiger partial charge is 0.261 e. The van der Waals surface area contributed by atoms with Gasteiger partial charge >= 0.3 is 0 Å². The first-order valence-corrected chi connectivity index (χ1v) is 9.74. The number of carbonyl (C=O) groups excluding carboxylic acids is 1. The van der Waals surface area contributed by atoms with Crippen LogP contribution < -0.4 is 14.8 Å². The lowest BCUT2D eigenvalue weighted by atomic mass is 10.1. The van der Waals surface area contributed by atoms with Crippen molar-refractivity contribution in [2.75, 3.05) is 11.3 Å². The van der Waals surface area contributed by atoms with Crippen LogP contribution in [0.3, 0.4) is 0 Å². The Balaban J connectivity index is 2.08. The van der Waals surface area contributed by atoms with Crippen LogP contribution in [0, 0.1) is 0 Å². The number of benzene rings is 2. The predicted molar refractivity (Wildman–Crippen MR) is 102 cm³/mol. The molecular weight excluding hydrogens is 376 g/mol. The van der Waals surface area contributed by atoms with Crippen LogP contribution in [-0.4, -0.2) is 26.5 Å². The summed E-state index contributed by atoms with van der Waals surface area (Å²) in [7, 11) is -3.78. The molecule has 0 radical (unpaired) electrons. The van der Waals surface area contributed by atoms with E-state index in [1.54, 1.807) is 30.3 Å². The number of ether oxygens (including phenoxy) is 1. The number of nitrogens with one attached hydrogen (secondary N) is 2. The molecule has 0 fully saturated rings. The van der Waals surface area contributed by atoms with Crippen molar-refractivity contribution < 1.29 is 17.9 Å². The van der Waals surface area contributed by atoms with Crippen LogP contribution in [0.15, 0.2) is 53.4 Å². The Morgan fingerprint density at radius 2 is 1.77 bits per heavy atom. The van der Waals surface area contributed by atoms with E-state index in [9.17, 15) is 13.2 Å². The van der Waals surface area contributed by atoms with E-state index in [-0.39, 0.29) is 33.7 Å². The highest BCUT2D eigenvalue weighted by Gasteiger charge is 2.18. The third-order valence-electron chi connectivity index (χ3n) is 3.11. The van der Waals surface area contributed by atoms with Crippen LogP contribution in [0.5, 0.6) is 5.75 Å². The topological polar surface area (TPSA) is 84.5 Å². The Bertz CT molecular complexity index is 878. The summed E-state index contributed by atoms with van der Waals surface area (Å²) >= 11 is 6.11. The highest BCUT2D eigenvalue weighted by atomic mass is 35.5. The molecule has 140 valence electrons. The van der Waals surface area contributed by atoms with Crippen LogP contribution in [0.4, 0.5) is 5.69 Å². The van der Waals surface area contributed by atoms with Gasteiger partial charge in [0, 0.05) is 11.2 Å². The van der Waals surface area contributed by atoms with Crippen LogP contribution in [0.2, 0.25) is 5.02 Å².